The summed E-state index contributed by atoms with van der Waals surface area (Å²) in [4.78, 5) is 3.83. The lowest BCUT2D eigenvalue weighted by atomic mass is 9.93. The van der Waals surface area contributed by atoms with E-state index in [0.29, 0.717) is 5.56 Å². The fourth-order valence-electron chi connectivity index (χ4n) is 2.52. The lowest BCUT2D eigenvalue weighted by Crippen LogP contribution is -2.50. The van der Waals surface area contributed by atoms with Crippen LogP contribution in [0.2, 0.25) is 5.15 Å². The second-order valence-electron chi connectivity index (χ2n) is 7.39. The number of alkyl halides is 3. The van der Waals surface area contributed by atoms with Crippen molar-refractivity contribution >= 4 is 23.0 Å². The summed E-state index contributed by atoms with van der Waals surface area (Å²) < 4.78 is 65.0. The highest BCUT2D eigenvalue weighted by Crippen LogP contribution is 2.53. The minimum atomic E-state index is -4.60. The molecule has 0 aromatic carbocycles. The van der Waals surface area contributed by atoms with Crippen molar-refractivity contribution in [1.29, 1.82) is 0 Å². The SMILES string of the molecule is CC1(N[S+]([O-])C(C)(C)C)COc2c1cc(C1(C(F)(F)F)CO1)nc2Cl. The summed E-state index contributed by atoms with van der Waals surface area (Å²) in [7, 11) is 0. The normalized spacial score (nSPS) is 30.0. The van der Waals surface area contributed by atoms with Gasteiger partial charge in [-0.15, -0.1) is 4.72 Å². The highest BCUT2D eigenvalue weighted by Gasteiger charge is 2.68. The number of nitrogens with one attached hydrogen (secondary N) is 1. The molecule has 5 nitrogen and oxygen atoms in total. The van der Waals surface area contributed by atoms with Crippen molar-refractivity contribution in [2.75, 3.05) is 13.2 Å². The van der Waals surface area contributed by atoms with Gasteiger partial charge in [-0.3, -0.25) is 0 Å². The summed E-state index contributed by atoms with van der Waals surface area (Å²) in [5, 5.41) is -0.168. The molecule has 0 spiro atoms. The fraction of sp³-hybridized carbons (Fsp3) is 0.667. The lowest BCUT2D eigenvalue weighted by Gasteiger charge is -2.31. The van der Waals surface area contributed by atoms with E-state index in [2.05, 4.69) is 9.71 Å². The van der Waals surface area contributed by atoms with E-state index in [4.69, 9.17) is 21.1 Å². The van der Waals surface area contributed by atoms with Gasteiger partial charge in [-0.05, 0) is 33.8 Å². The largest absolute Gasteiger partial charge is 0.598 e. The third kappa shape index (κ3) is 3.10. The van der Waals surface area contributed by atoms with Crippen LogP contribution in [0.1, 0.15) is 39.0 Å². The van der Waals surface area contributed by atoms with Gasteiger partial charge in [0, 0.05) is 16.9 Å². The molecular weight excluding hydrogens is 381 g/mol. The maximum atomic E-state index is 13.3. The Morgan fingerprint density at radius 2 is 1.92 bits per heavy atom. The van der Waals surface area contributed by atoms with Gasteiger partial charge in [0.15, 0.2) is 10.9 Å². The van der Waals surface area contributed by atoms with Gasteiger partial charge in [0.25, 0.3) is 0 Å². The van der Waals surface area contributed by atoms with Crippen LogP contribution in [0, 0.1) is 0 Å². The Balaban J connectivity index is 2.02. The van der Waals surface area contributed by atoms with Crippen molar-refractivity contribution in [2.45, 2.75) is 49.8 Å². The molecule has 1 N–H and O–H groups in total. The second kappa shape index (κ2) is 5.63. The zero-order chi connectivity index (χ0) is 18.8. The Hall–Kier alpha value is -0.740. The summed E-state index contributed by atoms with van der Waals surface area (Å²) in [6.45, 7) is 6.65. The first-order valence-electron chi connectivity index (χ1n) is 7.55. The van der Waals surface area contributed by atoms with E-state index in [0.717, 1.165) is 0 Å². The number of hydrogen-bond acceptors (Lipinski definition) is 5. The average Bonchev–Trinajstić information content (AvgIpc) is 3.20. The van der Waals surface area contributed by atoms with E-state index in [1.54, 1.807) is 27.7 Å². The number of rotatable bonds is 3. The van der Waals surface area contributed by atoms with Crippen LogP contribution in [0.4, 0.5) is 13.2 Å². The van der Waals surface area contributed by atoms with Crippen molar-refractivity contribution in [3.8, 4) is 5.75 Å². The molecule has 3 unspecified atom stereocenters. The van der Waals surface area contributed by atoms with Crippen molar-refractivity contribution < 1.29 is 27.2 Å². The average molecular weight is 399 g/mol. The quantitative estimate of drug-likeness (QED) is 0.481. The first-order chi connectivity index (χ1) is 11.3. The predicted molar refractivity (Wildman–Crippen MR) is 86.8 cm³/mol. The van der Waals surface area contributed by atoms with Crippen LogP contribution in [0.3, 0.4) is 0 Å². The Bertz CT molecular complexity index is 706. The van der Waals surface area contributed by atoms with E-state index < -0.39 is 40.0 Å². The van der Waals surface area contributed by atoms with Gasteiger partial charge in [-0.25, -0.2) is 4.98 Å². The molecule has 2 aliphatic rings. The van der Waals surface area contributed by atoms with Crippen LogP contribution in [0.15, 0.2) is 6.07 Å². The molecule has 3 heterocycles. The van der Waals surface area contributed by atoms with Gasteiger partial charge in [0.1, 0.15) is 16.9 Å². The molecule has 1 aromatic heterocycles. The minimum Gasteiger partial charge on any atom is -0.598 e. The number of nitrogens with zero attached hydrogens (tertiary/aromatic N) is 1. The number of hydrogen-bond donors (Lipinski definition) is 1. The van der Waals surface area contributed by atoms with Crippen LogP contribution in [0.5, 0.6) is 5.75 Å². The number of fused-ring (bicyclic) bond motifs is 1. The standard InChI is InChI=1S/C15H18ClF3N2O3S/c1-12(2,3)25(22)21-13(4)6-23-10-8(13)5-9(20-11(10)16)14(7-24-14)15(17,18)19/h5,21H,6-7H2,1-4H3. The Morgan fingerprint density at radius 3 is 2.40 bits per heavy atom. The van der Waals surface area contributed by atoms with Gasteiger partial charge < -0.3 is 14.0 Å². The molecule has 0 radical (unpaired) electrons. The van der Waals surface area contributed by atoms with Gasteiger partial charge >= 0.3 is 6.18 Å². The van der Waals surface area contributed by atoms with Gasteiger partial charge in [-0.2, -0.15) is 13.2 Å². The molecule has 3 rings (SSSR count). The Labute approximate surface area is 151 Å². The first-order valence-corrected chi connectivity index (χ1v) is 9.08. The van der Waals surface area contributed by atoms with Crippen molar-refractivity contribution in [1.82, 2.24) is 9.71 Å². The molecule has 10 heteroatoms. The zero-order valence-electron chi connectivity index (χ0n) is 14.1. The fourth-order valence-corrected chi connectivity index (χ4v) is 3.65. The molecule has 0 saturated carbocycles. The monoisotopic (exact) mass is 398 g/mol. The number of aromatic nitrogens is 1. The first kappa shape index (κ1) is 19.0. The summed E-state index contributed by atoms with van der Waals surface area (Å²) >= 11 is 4.59. The van der Waals surface area contributed by atoms with Gasteiger partial charge in [-0.1, -0.05) is 11.6 Å². The van der Waals surface area contributed by atoms with Crippen LogP contribution in [-0.4, -0.2) is 33.7 Å². The number of epoxide rings is 1. The molecule has 2 aliphatic heterocycles. The molecular formula is C15H18ClF3N2O3S. The second-order valence-corrected chi connectivity index (χ2v) is 9.72. The third-order valence-corrected chi connectivity index (χ3v) is 6.21. The summed E-state index contributed by atoms with van der Waals surface area (Å²) in [5.74, 6) is 0.198. The molecule has 1 fully saturated rings. The number of ether oxygens (including phenoxy) is 2. The smallest absolute Gasteiger partial charge is 0.425 e. The molecule has 1 saturated heterocycles. The van der Waals surface area contributed by atoms with Crippen LogP contribution in [0.25, 0.3) is 0 Å². The molecule has 25 heavy (non-hydrogen) atoms. The molecule has 0 aliphatic carbocycles. The molecule has 140 valence electrons. The van der Waals surface area contributed by atoms with Crippen LogP contribution in [-0.2, 0) is 27.2 Å². The van der Waals surface area contributed by atoms with E-state index in [-0.39, 0.29) is 23.2 Å². The summed E-state index contributed by atoms with van der Waals surface area (Å²) in [6, 6.07) is 1.28. The van der Waals surface area contributed by atoms with Crippen LogP contribution < -0.4 is 9.46 Å². The van der Waals surface area contributed by atoms with Crippen molar-refractivity contribution in [2.24, 2.45) is 0 Å². The Kier molecular flexibility index (Phi) is 4.28. The molecule has 1 aromatic rings. The topological polar surface area (TPSA) is 69.7 Å². The maximum absolute atomic E-state index is 13.3. The van der Waals surface area contributed by atoms with Crippen LogP contribution >= 0.6 is 11.6 Å². The van der Waals surface area contributed by atoms with Gasteiger partial charge in [0.05, 0.1) is 12.3 Å². The van der Waals surface area contributed by atoms with E-state index in [9.17, 15) is 17.7 Å². The molecule has 3 atom stereocenters. The predicted octanol–water partition coefficient (Wildman–Crippen LogP) is 3.18. The summed E-state index contributed by atoms with van der Waals surface area (Å²) in [5.41, 5.74) is -3.32. The van der Waals surface area contributed by atoms with E-state index >= 15 is 0 Å². The minimum absolute atomic E-state index is 0.0783. The number of halogens is 4. The molecule has 0 amide bonds. The Morgan fingerprint density at radius 1 is 1.32 bits per heavy atom. The lowest BCUT2D eigenvalue weighted by molar-refractivity contribution is -0.188. The van der Waals surface area contributed by atoms with Crippen molar-refractivity contribution in [3.63, 3.8) is 0 Å². The molecule has 0 bridgehead atoms. The number of pyridine rings is 1. The maximum Gasteiger partial charge on any atom is 0.425 e. The van der Waals surface area contributed by atoms with Gasteiger partial charge in [0.2, 0.25) is 5.60 Å². The van der Waals surface area contributed by atoms with E-state index in [1.807, 2.05) is 0 Å². The van der Waals surface area contributed by atoms with E-state index in [1.165, 1.54) is 6.07 Å². The summed E-state index contributed by atoms with van der Waals surface area (Å²) in [6.07, 6.45) is -4.60. The zero-order valence-corrected chi connectivity index (χ0v) is 15.7. The van der Waals surface area contributed by atoms with Crippen molar-refractivity contribution in [3.05, 3.63) is 22.5 Å². The third-order valence-electron chi connectivity index (χ3n) is 4.21. The highest BCUT2D eigenvalue weighted by molar-refractivity contribution is 7.90. The highest BCUT2D eigenvalue weighted by atomic mass is 35.5.